The maximum absolute atomic E-state index is 11.6. The molecule has 1 aliphatic heterocycles. The molecule has 0 saturated heterocycles. The van der Waals surface area contributed by atoms with Crippen LogP contribution in [0.3, 0.4) is 0 Å². The monoisotopic (exact) mass is 331 g/mol. The Kier molecular flexibility index (Phi) is 4.69. The Balaban J connectivity index is 2.32. The largest absolute Gasteiger partial charge is 0.465 e. The summed E-state index contributed by atoms with van der Waals surface area (Å²) in [4.78, 5) is 27.5. The molecule has 6 nitrogen and oxygen atoms in total. The van der Waals surface area contributed by atoms with E-state index in [2.05, 4.69) is 9.89 Å². The molecule has 0 bridgehead atoms. The summed E-state index contributed by atoms with van der Waals surface area (Å²) in [6.07, 6.45) is -0.643. The van der Waals surface area contributed by atoms with Crippen molar-refractivity contribution in [2.75, 3.05) is 7.11 Å². The van der Waals surface area contributed by atoms with E-state index >= 15 is 0 Å². The van der Waals surface area contributed by atoms with E-state index in [9.17, 15) is 9.59 Å². The summed E-state index contributed by atoms with van der Waals surface area (Å²) in [5.74, 6) is -1.08. The molecular weight excluding hydrogens is 321 g/mol. The van der Waals surface area contributed by atoms with Crippen LogP contribution in [0.25, 0.3) is 0 Å². The van der Waals surface area contributed by atoms with E-state index in [1.54, 1.807) is 0 Å². The van der Waals surface area contributed by atoms with Crippen molar-refractivity contribution in [2.24, 2.45) is 5.16 Å². The summed E-state index contributed by atoms with van der Waals surface area (Å²) >= 11 is 12.3. The molecule has 112 valence electrons. The lowest BCUT2D eigenvalue weighted by atomic mass is 10.0. The maximum Gasteiger partial charge on any atom is 0.339 e. The lowest BCUT2D eigenvalue weighted by Crippen LogP contribution is -2.16. The Hall–Kier alpha value is -1.79. The number of esters is 2. The average molecular weight is 332 g/mol. The van der Waals surface area contributed by atoms with Gasteiger partial charge in [0.2, 0.25) is 0 Å². The van der Waals surface area contributed by atoms with Crippen molar-refractivity contribution in [3.63, 3.8) is 0 Å². The molecule has 0 aromatic heterocycles. The van der Waals surface area contributed by atoms with Crippen molar-refractivity contribution < 1.29 is 23.9 Å². The van der Waals surface area contributed by atoms with Crippen LogP contribution in [0.2, 0.25) is 10.0 Å². The van der Waals surface area contributed by atoms with Gasteiger partial charge in [0.25, 0.3) is 6.29 Å². The van der Waals surface area contributed by atoms with Crippen LogP contribution in [0, 0.1) is 0 Å². The van der Waals surface area contributed by atoms with E-state index in [1.807, 2.05) is 0 Å². The molecule has 0 N–H and O–H groups in total. The van der Waals surface area contributed by atoms with Gasteiger partial charge in [-0.05, 0) is 12.1 Å². The van der Waals surface area contributed by atoms with Crippen LogP contribution in [0.5, 0.6) is 0 Å². The number of benzene rings is 1. The second-order valence-electron chi connectivity index (χ2n) is 4.16. The highest BCUT2D eigenvalue weighted by atomic mass is 35.5. The fraction of sp³-hybridized carbons (Fsp3) is 0.308. The number of hydrogen-bond donors (Lipinski definition) is 0. The molecule has 1 atom stereocenters. The molecule has 0 aliphatic carbocycles. The summed E-state index contributed by atoms with van der Waals surface area (Å²) in [6.45, 7) is 1.26. The molecule has 0 saturated carbocycles. The lowest BCUT2D eigenvalue weighted by Gasteiger charge is -2.10. The quantitative estimate of drug-likeness (QED) is 0.796. The van der Waals surface area contributed by atoms with Crippen molar-refractivity contribution in [3.8, 4) is 0 Å². The zero-order valence-electron chi connectivity index (χ0n) is 11.2. The van der Waals surface area contributed by atoms with Crippen LogP contribution >= 0.6 is 23.2 Å². The highest BCUT2D eigenvalue weighted by Crippen LogP contribution is 2.32. The smallest absolute Gasteiger partial charge is 0.339 e. The van der Waals surface area contributed by atoms with Gasteiger partial charge in [0.1, 0.15) is 0 Å². The zero-order chi connectivity index (χ0) is 15.6. The van der Waals surface area contributed by atoms with Crippen LogP contribution in [-0.4, -0.2) is 31.1 Å². The topological polar surface area (TPSA) is 74.2 Å². The molecule has 0 amide bonds. The highest BCUT2D eigenvalue weighted by Gasteiger charge is 2.29. The minimum Gasteiger partial charge on any atom is -0.465 e. The molecule has 0 spiro atoms. The summed E-state index contributed by atoms with van der Waals surface area (Å²) in [6, 6.07) is 2.97. The van der Waals surface area contributed by atoms with Crippen LogP contribution in [0.15, 0.2) is 17.3 Å². The van der Waals surface area contributed by atoms with Crippen molar-refractivity contribution in [3.05, 3.63) is 33.3 Å². The second kappa shape index (κ2) is 6.32. The first-order chi connectivity index (χ1) is 9.93. The van der Waals surface area contributed by atoms with Crippen molar-refractivity contribution in [1.29, 1.82) is 0 Å². The number of nitrogens with zero attached hydrogens (tertiary/aromatic N) is 1. The Morgan fingerprint density at radius 2 is 2.10 bits per heavy atom. The van der Waals surface area contributed by atoms with Gasteiger partial charge in [0.15, 0.2) is 0 Å². The third-order valence-electron chi connectivity index (χ3n) is 2.72. The predicted molar refractivity (Wildman–Crippen MR) is 75.6 cm³/mol. The molecule has 2 rings (SSSR count). The highest BCUT2D eigenvalue weighted by molar-refractivity contribution is 6.42. The van der Waals surface area contributed by atoms with Gasteiger partial charge in [0, 0.05) is 12.5 Å². The van der Waals surface area contributed by atoms with Gasteiger partial charge >= 0.3 is 11.9 Å². The maximum atomic E-state index is 11.6. The molecule has 21 heavy (non-hydrogen) atoms. The molecule has 1 heterocycles. The minimum atomic E-state index is -0.827. The molecule has 1 aromatic carbocycles. The Morgan fingerprint density at radius 1 is 1.38 bits per heavy atom. The average Bonchev–Trinajstić information content (AvgIpc) is 2.85. The predicted octanol–water partition coefficient (Wildman–Crippen LogP) is 2.79. The number of halogens is 2. The third-order valence-corrected chi connectivity index (χ3v) is 3.43. The molecule has 0 radical (unpaired) electrons. The number of carbonyl (C=O) groups is 2. The molecule has 0 fully saturated rings. The van der Waals surface area contributed by atoms with E-state index in [1.165, 1.54) is 26.2 Å². The van der Waals surface area contributed by atoms with Crippen LogP contribution in [0.4, 0.5) is 0 Å². The number of methoxy groups -OCH3 is 1. The van der Waals surface area contributed by atoms with Crippen molar-refractivity contribution >= 4 is 40.9 Å². The Morgan fingerprint density at radius 3 is 2.71 bits per heavy atom. The fourth-order valence-electron chi connectivity index (χ4n) is 1.84. The summed E-state index contributed by atoms with van der Waals surface area (Å²) in [5.41, 5.74) is 0.912. The summed E-state index contributed by atoms with van der Waals surface area (Å²) in [7, 11) is 1.25. The number of ether oxygens (including phenoxy) is 2. The van der Waals surface area contributed by atoms with Crippen LogP contribution in [0.1, 0.15) is 29.3 Å². The van der Waals surface area contributed by atoms with Gasteiger partial charge in [0.05, 0.1) is 34.9 Å². The number of carbonyl (C=O) groups excluding carboxylic acids is 2. The standard InChI is InChI=1S/C13H11Cl2NO5/c1-6(17)20-10-5-9(16-21-10)11-8(14)4-3-7(12(11)15)13(18)19-2/h3-4,10H,5H2,1-2H3. The van der Waals surface area contributed by atoms with Gasteiger partial charge in [-0.25, -0.2) is 4.79 Å². The van der Waals surface area contributed by atoms with E-state index in [4.69, 9.17) is 32.8 Å². The van der Waals surface area contributed by atoms with Crippen LogP contribution < -0.4 is 0 Å². The first kappa shape index (κ1) is 15.6. The van der Waals surface area contributed by atoms with Gasteiger partial charge < -0.3 is 14.3 Å². The molecule has 1 aliphatic rings. The minimum absolute atomic E-state index is 0.111. The van der Waals surface area contributed by atoms with Gasteiger partial charge in [-0.3, -0.25) is 4.79 Å². The SMILES string of the molecule is COC(=O)c1ccc(Cl)c(C2=NOC(OC(C)=O)C2)c1Cl. The molecular formula is C13H11Cl2NO5. The Labute approximate surface area is 130 Å². The van der Waals surface area contributed by atoms with E-state index in [0.29, 0.717) is 16.3 Å². The number of oxime groups is 1. The van der Waals surface area contributed by atoms with Gasteiger partial charge in [-0.15, -0.1) is 0 Å². The third kappa shape index (κ3) is 3.28. The number of rotatable bonds is 3. The first-order valence-electron chi connectivity index (χ1n) is 5.90. The zero-order valence-corrected chi connectivity index (χ0v) is 12.7. The van der Waals surface area contributed by atoms with Gasteiger partial charge in [-0.2, -0.15) is 0 Å². The van der Waals surface area contributed by atoms with E-state index in [0.717, 1.165) is 0 Å². The lowest BCUT2D eigenvalue weighted by molar-refractivity contribution is -0.170. The summed E-state index contributed by atoms with van der Waals surface area (Å²) < 4.78 is 9.53. The van der Waals surface area contributed by atoms with Gasteiger partial charge in [-0.1, -0.05) is 28.4 Å². The molecule has 8 heteroatoms. The van der Waals surface area contributed by atoms with E-state index < -0.39 is 18.2 Å². The molecule has 1 aromatic rings. The van der Waals surface area contributed by atoms with Crippen molar-refractivity contribution in [1.82, 2.24) is 0 Å². The number of hydrogen-bond acceptors (Lipinski definition) is 6. The van der Waals surface area contributed by atoms with E-state index in [-0.39, 0.29) is 17.0 Å². The fourth-order valence-corrected chi connectivity index (χ4v) is 2.50. The first-order valence-corrected chi connectivity index (χ1v) is 6.66. The molecule has 1 unspecified atom stereocenters. The van der Waals surface area contributed by atoms with Crippen molar-refractivity contribution in [2.45, 2.75) is 19.6 Å². The Bertz CT molecular complexity index is 629. The van der Waals surface area contributed by atoms with Crippen LogP contribution in [-0.2, 0) is 19.1 Å². The second-order valence-corrected chi connectivity index (χ2v) is 4.95. The summed E-state index contributed by atoms with van der Waals surface area (Å²) in [5, 5.41) is 4.22. The normalized spacial score (nSPS) is 17.0.